The van der Waals surface area contributed by atoms with Crippen molar-refractivity contribution in [1.82, 2.24) is 15.0 Å². The molecule has 4 nitrogen and oxygen atoms in total. The van der Waals surface area contributed by atoms with Crippen LogP contribution in [0.25, 0.3) is 10.8 Å². The van der Waals surface area contributed by atoms with Crippen molar-refractivity contribution in [2.75, 3.05) is 11.9 Å². The van der Waals surface area contributed by atoms with E-state index in [1.807, 2.05) is 12.3 Å². The second-order valence-corrected chi connectivity index (χ2v) is 5.85. The quantitative estimate of drug-likeness (QED) is 0.905. The van der Waals surface area contributed by atoms with Crippen LogP contribution in [0.5, 0.6) is 0 Å². The second kappa shape index (κ2) is 5.25. The summed E-state index contributed by atoms with van der Waals surface area (Å²) in [7, 11) is 0. The molecule has 0 aromatic carbocycles. The summed E-state index contributed by atoms with van der Waals surface area (Å²) in [5.41, 5.74) is 2.19. The van der Waals surface area contributed by atoms with Gasteiger partial charge in [-0.25, -0.2) is 15.0 Å². The average molecular weight is 274 g/mol. The third kappa shape index (κ3) is 2.92. The molecule has 2 aromatic rings. The fraction of sp³-hybridized carbons (Fsp3) is 0.500. The molecule has 2 heterocycles. The van der Waals surface area contributed by atoms with Gasteiger partial charge in [0.05, 0.1) is 0 Å². The molecule has 1 N–H and O–H groups in total. The molecule has 1 aliphatic carbocycles. The van der Waals surface area contributed by atoms with E-state index in [1.54, 1.807) is 11.3 Å². The summed E-state index contributed by atoms with van der Waals surface area (Å²) < 4.78 is 0. The van der Waals surface area contributed by atoms with Gasteiger partial charge >= 0.3 is 0 Å². The number of aromatic nitrogens is 3. The Morgan fingerprint density at radius 2 is 2.16 bits per heavy atom. The molecule has 2 aromatic heterocycles. The molecule has 1 saturated carbocycles. The molecule has 1 fully saturated rings. The van der Waals surface area contributed by atoms with Crippen molar-refractivity contribution in [3.8, 4) is 10.8 Å². The van der Waals surface area contributed by atoms with Crippen LogP contribution in [0, 0.1) is 6.92 Å². The fourth-order valence-electron chi connectivity index (χ4n) is 1.95. The van der Waals surface area contributed by atoms with Crippen LogP contribution in [0.15, 0.2) is 11.4 Å². The van der Waals surface area contributed by atoms with Crippen molar-refractivity contribution in [2.24, 2.45) is 0 Å². The summed E-state index contributed by atoms with van der Waals surface area (Å²) >= 11 is 1.61. The molecule has 0 saturated heterocycles. The minimum Gasteiger partial charge on any atom is -0.370 e. The van der Waals surface area contributed by atoms with E-state index in [0.29, 0.717) is 5.92 Å². The van der Waals surface area contributed by atoms with Gasteiger partial charge in [0.1, 0.15) is 5.82 Å². The number of nitrogens with one attached hydrogen (secondary N) is 1. The Labute approximate surface area is 117 Å². The Hall–Kier alpha value is -1.49. The molecule has 0 bridgehead atoms. The SMILES string of the molecule is CCCNc1cc(C2CC2)nc(-c2nc(C)cs2)n1. The van der Waals surface area contributed by atoms with E-state index in [-0.39, 0.29) is 0 Å². The predicted octanol–water partition coefficient (Wildman–Crippen LogP) is 3.61. The first-order valence-corrected chi connectivity index (χ1v) is 7.69. The maximum atomic E-state index is 4.68. The Morgan fingerprint density at radius 1 is 1.32 bits per heavy atom. The summed E-state index contributed by atoms with van der Waals surface area (Å²) in [5, 5.41) is 6.32. The first-order valence-electron chi connectivity index (χ1n) is 6.81. The fourth-order valence-corrected chi connectivity index (χ4v) is 2.68. The van der Waals surface area contributed by atoms with Gasteiger partial charge in [-0.15, -0.1) is 11.3 Å². The summed E-state index contributed by atoms with van der Waals surface area (Å²) in [4.78, 5) is 13.8. The van der Waals surface area contributed by atoms with Gasteiger partial charge in [-0.2, -0.15) is 0 Å². The van der Waals surface area contributed by atoms with Crippen LogP contribution < -0.4 is 5.32 Å². The van der Waals surface area contributed by atoms with Gasteiger partial charge in [0.2, 0.25) is 0 Å². The van der Waals surface area contributed by atoms with E-state index in [4.69, 9.17) is 0 Å². The summed E-state index contributed by atoms with van der Waals surface area (Å²) in [6.45, 7) is 5.10. The van der Waals surface area contributed by atoms with Crippen molar-refractivity contribution < 1.29 is 0 Å². The molecule has 0 aliphatic heterocycles. The summed E-state index contributed by atoms with van der Waals surface area (Å²) in [6, 6.07) is 2.09. The topological polar surface area (TPSA) is 50.7 Å². The van der Waals surface area contributed by atoms with Gasteiger partial charge in [-0.05, 0) is 26.2 Å². The van der Waals surface area contributed by atoms with Gasteiger partial charge < -0.3 is 5.32 Å². The molecule has 1 aliphatic rings. The standard InChI is InChI=1S/C14H18N4S/c1-3-6-15-12-7-11(10-4-5-10)17-13(18-12)14-16-9(2)8-19-14/h7-8,10H,3-6H2,1-2H3,(H,15,17,18). The maximum Gasteiger partial charge on any atom is 0.190 e. The third-order valence-electron chi connectivity index (χ3n) is 3.11. The maximum absolute atomic E-state index is 4.68. The van der Waals surface area contributed by atoms with E-state index < -0.39 is 0 Å². The van der Waals surface area contributed by atoms with Crippen LogP contribution in [0.1, 0.15) is 43.5 Å². The number of aryl methyl sites for hydroxylation is 1. The lowest BCUT2D eigenvalue weighted by Gasteiger charge is -2.07. The molecule has 0 amide bonds. The largest absolute Gasteiger partial charge is 0.370 e. The number of hydrogen-bond donors (Lipinski definition) is 1. The number of hydrogen-bond acceptors (Lipinski definition) is 5. The molecule has 100 valence electrons. The second-order valence-electron chi connectivity index (χ2n) is 5.00. The highest BCUT2D eigenvalue weighted by molar-refractivity contribution is 7.13. The number of anilines is 1. The van der Waals surface area contributed by atoms with Crippen LogP contribution >= 0.6 is 11.3 Å². The minimum absolute atomic E-state index is 0.630. The van der Waals surface area contributed by atoms with Crippen molar-refractivity contribution in [2.45, 2.75) is 39.0 Å². The monoisotopic (exact) mass is 274 g/mol. The van der Waals surface area contributed by atoms with Crippen molar-refractivity contribution in [1.29, 1.82) is 0 Å². The van der Waals surface area contributed by atoms with E-state index >= 15 is 0 Å². The first kappa shape index (κ1) is 12.5. The number of thiazole rings is 1. The lowest BCUT2D eigenvalue weighted by Crippen LogP contribution is -2.05. The van der Waals surface area contributed by atoms with Gasteiger partial charge in [-0.1, -0.05) is 6.92 Å². The van der Waals surface area contributed by atoms with E-state index in [0.717, 1.165) is 41.0 Å². The van der Waals surface area contributed by atoms with Crippen LogP contribution in [-0.4, -0.2) is 21.5 Å². The van der Waals surface area contributed by atoms with Gasteiger partial charge in [0.15, 0.2) is 10.8 Å². The smallest absolute Gasteiger partial charge is 0.190 e. The Morgan fingerprint density at radius 3 is 2.79 bits per heavy atom. The molecule has 0 unspecified atom stereocenters. The normalized spacial score (nSPS) is 14.6. The molecule has 5 heteroatoms. The molecule has 0 radical (unpaired) electrons. The molecule has 3 rings (SSSR count). The Kier molecular flexibility index (Phi) is 3.46. The highest BCUT2D eigenvalue weighted by Gasteiger charge is 2.26. The molecular weight excluding hydrogens is 256 g/mol. The first-order chi connectivity index (χ1) is 9.26. The third-order valence-corrected chi connectivity index (χ3v) is 4.06. The zero-order valence-corrected chi connectivity index (χ0v) is 12.1. The van der Waals surface area contributed by atoms with Crippen molar-refractivity contribution in [3.63, 3.8) is 0 Å². The lowest BCUT2D eigenvalue weighted by atomic mass is 10.2. The Bertz CT molecular complexity index is 575. The van der Waals surface area contributed by atoms with Crippen LogP contribution in [0.3, 0.4) is 0 Å². The van der Waals surface area contributed by atoms with E-state index in [9.17, 15) is 0 Å². The van der Waals surface area contributed by atoms with E-state index in [1.165, 1.54) is 12.8 Å². The van der Waals surface area contributed by atoms with Gasteiger partial charge in [0, 0.05) is 35.3 Å². The lowest BCUT2D eigenvalue weighted by molar-refractivity contribution is 0.947. The highest BCUT2D eigenvalue weighted by Crippen LogP contribution is 2.40. The van der Waals surface area contributed by atoms with Crippen LogP contribution in [-0.2, 0) is 0 Å². The molecule has 0 atom stereocenters. The molecular formula is C14H18N4S. The van der Waals surface area contributed by atoms with Crippen molar-refractivity contribution >= 4 is 17.2 Å². The number of nitrogens with zero attached hydrogens (tertiary/aromatic N) is 3. The zero-order chi connectivity index (χ0) is 13.2. The summed E-state index contributed by atoms with van der Waals surface area (Å²) in [6.07, 6.45) is 3.59. The van der Waals surface area contributed by atoms with Crippen LogP contribution in [0.4, 0.5) is 5.82 Å². The van der Waals surface area contributed by atoms with Gasteiger partial charge in [-0.3, -0.25) is 0 Å². The minimum atomic E-state index is 0.630. The predicted molar refractivity (Wildman–Crippen MR) is 78.6 cm³/mol. The van der Waals surface area contributed by atoms with E-state index in [2.05, 4.69) is 33.3 Å². The summed E-state index contributed by atoms with van der Waals surface area (Å²) in [5.74, 6) is 2.33. The zero-order valence-electron chi connectivity index (χ0n) is 11.3. The average Bonchev–Trinajstić information content (AvgIpc) is 3.18. The van der Waals surface area contributed by atoms with Crippen molar-refractivity contribution in [3.05, 3.63) is 22.8 Å². The molecule has 0 spiro atoms. The van der Waals surface area contributed by atoms with Crippen LogP contribution in [0.2, 0.25) is 0 Å². The highest BCUT2D eigenvalue weighted by atomic mass is 32.1. The van der Waals surface area contributed by atoms with Gasteiger partial charge in [0.25, 0.3) is 0 Å². The number of rotatable bonds is 5. The molecule has 19 heavy (non-hydrogen) atoms. The Balaban J connectivity index is 1.95.